The number of hydrogen-bond donors (Lipinski definition) is 1. The molecule has 2 aromatic rings. The van der Waals surface area contributed by atoms with Crippen molar-refractivity contribution in [2.45, 2.75) is 26.3 Å². The highest BCUT2D eigenvalue weighted by Gasteiger charge is 2.16. The molecule has 0 aliphatic heterocycles. The number of nitrogens with zero attached hydrogens (tertiary/aromatic N) is 1. The van der Waals surface area contributed by atoms with Gasteiger partial charge in [-0.15, -0.1) is 0 Å². The first kappa shape index (κ1) is 15.5. The van der Waals surface area contributed by atoms with Crippen LogP contribution in [0.1, 0.15) is 36.2 Å². The van der Waals surface area contributed by atoms with Crippen molar-refractivity contribution in [1.29, 1.82) is 0 Å². The Labute approximate surface area is 133 Å². The van der Waals surface area contributed by atoms with E-state index in [0.29, 0.717) is 0 Å². The minimum atomic E-state index is 0.0728. The van der Waals surface area contributed by atoms with Gasteiger partial charge in [-0.25, -0.2) is 0 Å². The molecule has 1 atom stereocenters. The Balaban J connectivity index is 2.38. The minimum absolute atomic E-state index is 0.0728. The van der Waals surface area contributed by atoms with Gasteiger partial charge >= 0.3 is 0 Å². The van der Waals surface area contributed by atoms with E-state index in [1.165, 1.54) is 0 Å². The molecule has 0 fully saturated rings. The van der Waals surface area contributed by atoms with Crippen molar-refractivity contribution in [1.82, 2.24) is 10.3 Å². The summed E-state index contributed by atoms with van der Waals surface area (Å²) >= 11 is 9.84. The summed E-state index contributed by atoms with van der Waals surface area (Å²) in [7, 11) is 0. The quantitative estimate of drug-likeness (QED) is 0.827. The van der Waals surface area contributed by atoms with Crippen LogP contribution in [0.5, 0.6) is 0 Å². The molecule has 0 radical (unpaired) electrons. The fraction of sp³-hybridized carbons (Fsp3) is 0.312. The van der Waals surface area contributed by atoms with E-state index in [0.717, 1.165) is 39.3 Å². The van der Waals surface area contributed by atoms with Crippen LogP contribution in [0.15, 0.2) is 41.0 Å². The summed E-state index contributed by atoms with van der Waals surface area (Å²) in [6, 6.07) is 10.2. The van der Waals surface area contributed by atoms with E-state index < -0.39 is 0 Å². The highest BCUT2D eigenvalue weighted by Crippen LogP contribution is 2.30. The van der Waals surface area contributed by atoms with E-state index in [9.17, 15) is 0 Å². The Bertz CT molecular complexity index is 569. The Morgan fingerprint density at radius 2 is 2.10 bits per heavy atom. The third-order valence-corrected chi connectivity index (χ3v) is 3.96. The fourth-order valence-electron chi connectivity index (χ4n) is 2.08. The van der Waals surface area contributed by atoms with Gasteiger partial charge < -0.3 is 5.32 Å². The predicted molar refractivity (Wildman–Crippen MR) is 88.3 cm³/mol. The summed E-state index contributed by atoms with van der Waals surface area (Å²) in [6.45, 7) is 5.08. The molecule has 0 aliphatic carbocycles. The molecule has 0 aliphatic rings. The molecule has 1 aromatic carbocycles. The third-order valence-electron chi connectivity index (χ3n) is 3.14. The van der Waals surface area contributed by atoms with E-state index in [4.69, 9.17) is 11.6 Å². The Kier molecular flexibility index (Phi) is 5.58. The van der Waals surface area contributed by atoms with Crippen molar-refractivity contribution in [3.63, 3.8) is 0 Å². The molecule has 0 spiro atoms. The highest BCUT2D eigenvalue weighted by molar-refractivity contribution is 9.10. The van der Waals surface area contributed by atoms with Gasteiger partial charge in [0.1, 0.15) is 0 Å². The monoisotopic (exact) mass is 352 g/mol. The van der Waals surface area contributed by atoms with Crippen LogP contribution < -0.4 is 5.32 Å². The molecule has 1 heterocycles. The molecule has 0 amide bonds. The summed E-state index contributed by atoms with van der Waals surface area (Å²) in [5, 5.41) is 4.30. The van der Waals surface area contributed by atoms with Crippen molar-refractivity contribution in [3.8, 4) is 0 Å². The Morgan fingerprint density at radius 1 is 1.30 bits per heavy atom. The Morgan fingerprint density at radius 3 is 2.70 bits per heavy atom. The smallest absolute Gasteiger partial charge is 0.0606 e. The molecule has 2 rings (SSSR count). The summed E-state index contributed by atoms with van der Waals surface area (Å²) in [5.74, 6) is 0. The number of pyridine rings is 1. The first-order chi connectivity index (χ1) is 9.61. The van der Waals surface area contributed by atoms with Crippen molar-refractivity contribution in [2.75, 3.05) is 6.54 Å². The van der Waals surface area contributed by atoms with Crippen LogP contribution in [0.25, 0.3) is 0 Å². The lowest BCUT2D eigenvalue weighted by molar-refractivity contribution is 0.597. The molecule has 20 heavy (non-hydrogen) atoms. The second-order valence-electron chi connectivity index (χ2n) is 4.79. The molecule has 0 saturated heterocycles. The van der Waals surface area contributed by atoms with Crippen LogP contribution in [-0.4, -0.2) is 11.5 Å². The van der Waals surface area contributed by atoms with Gasteiger partial charge in [-0.05, 0) is 49.2 Å². The predicted octanol–water partition coefficient (Wildman–Crippen LogP) is 4.89. The zero-order chi connectivity index (χ0) is 14.5. The van der Waals surface area contributed by atoms with Gasteiger partial charge in [-0.3, -0.25) is 4.98 Å². The van der Waals surface area contributed by atoms with E-state index in [1.54, 1.807) is 0 Å². The zero-order valence-corrected chi connectivity index (χ0v) is 14.0. The van der Waals surface area contributed by atoms with Gasteiger partial charge in [0.2, 0.25) is 0 Å². The Hall–Kier alpha value is -0.900. The third kappa shape index (κ3) is 3.81. The molecule has 0 bridgehead atoms. The van der Waals surface area contributed by atoms with E-state index in [2.05, 4.69) is 45.3 Å². The molecule has 0 saturated carbocycles. The maximum absolute atomic E-state index is 6.39. The number of aryl methyl sites for hydroxylation is 1. The number of benzene rings is 1. The fourth-order valence-corrected chi connectivity index (χ4v) is 2.86. The first-order valence-electron chi connectivity index (χ1n) is 6.72. The van der Waals surface area contributed by atoms with Crippen LogP contribution >= 0.6 is 27.5 Å². The lowest BCUT2D eigenvalue weighted by atomic mass is 9.99. The van der Waals surface area contributed by atoms with Crippen LogP contribution in [0, 0.1) is 6.92 Å². The minimum Gasteiger partial charge on any atom is -0.306 e. The van der Waals surface area contributed by atoms with E-state index >= 15 is 0 Å². The maximum Gasteiger partial charge on any atom is 0.0606 e. The van der Waals surface area contributed by atoms with Gasteiger partial charge in [-0.1, -0.05) is 46.6 Å². The summed E-state index contributed by atoms with van der Waals surface area (Å²) in [4.78, 5) is 4.39. The second-order valence-corrected chi connectivity index (χ2v) is 6.11. The van der Waals surface area contributed by atoms with Gasteiger partial charge in [0.25, 0.3) is 0 Å². The summed E-state index contributed by atoms with van der Waals surface area (Å²) in [5.41, 5.74) is 3.23. The normalized spacial score (nSPS) is 12.4. The SMILES string of the molecule is CCCNC(c1ccc(C)nc1)c1ccc(Br)cc1Cl. The molecule has 1 aromatic heterocycles. The molecule has 1 unspecified atom stereocenters. The van der Waals surface area contributed by atoms with Crippen LogP contribution in [0.2, 0.25) is 5.02 Å². The van der Waals surface area contributed by atoms with Crippen LogP contribution in [0.3, 0.4) is 0 Å². The van der Waals surface area contributed by atoms with Gasteiger partial charge in [0.15, 0.2) is 0 Å². The van der Waals surface area contributed by atoms with Crippen molar-refractivity contribution in [2.24, 2.45) is 0 Å². The van der Waals surface area contributed by atoms with Gasteiger partial charge in [-0.2, -0.15) is 0 Å². The number of aromatic nitrogens is 1. The topological polar surface area (TPSA) is 24.9 Å². The number of halogens is 2. The average molecular weight is 354 g/mol. The molecule has 4 heteroatoms. The zero-order valence-electron chi connectivity index (χ0n) is 11.7. The highest BCUT2D eigenvalue weighted by atomic mass is 79.9. The summed E-state index contributed by atoms with van der Waals surface area (Å²) < 4.78 is 0.988. The van der Waals surface area contributed by atoms with Crippen molar-refractivity contribution in [3.05, 3.63) is 62.8 Å². The van der Waals surface area contributed by atoms with Gasteiger partial charge in [0, 0.05) is 21.4 Å². The molecule has 106 valence electrons. The van der Waals surface area contributed by atoms with Crippen LogP contribution in [-0.2, 0) is 0 Å². The maximum atomic E-state index is 6.39. The molecule has 2 nitrogen and oxygen atoms in total. The molecular formula is C16H18BrClN2. The molecular weight excluding hydrogens is 336 g/mol. The number of hydrogen-bond acceptors (Lipinski definition) is 2. The van der Waals surface area contributed by atoms with E-state index in [-0.39, 0.29) is 6.04 Å². The van der Waals surface area contributed by atoms with Crippen molar-refractivity contribution >= 4 is 27.5 Å². The van der Waals surface area contributed by atoms with Crippen molar-refractivity contribution < 1.29 is 0 Å². The lowest BCUT2D eigenvalue weighted by Gasteiger charge is -2.20. The standard InChI is InChI=1S/C16H18BrClN2/c1-3-8-19-16(12-5-4-11(2)20-10-12)14-7-6-13(17)9-15(14)18/h4-7,9-10,16,19H,3,8H2,1-2H3. The van der Waals surface area contributed by atoms with Gasteiger partial charge in [0.05, 0.1) is 6.04 Å². The summed E-state index contributed by atoms with van der Waals surface area (Å²) in [6.07, 6.45) is 2.99. The second kappa shape index (κ2) is 7.21. The number of nitrogens with one attached hydrogen (secondary N) is 1. The van der Waals surface area contributed by atoms with Crippen LogP contribution in [0.4, 0.5) is 0 Å². The average Bonchev–Trinajstić information content (AvgIpc) is 2.42. The largest absolute Gasteiger partial charge is 0.306 e. The first-order valence-corrected chi connectivity index (χ1v) is 7.89. The molecule has 1 N–H and O–H groups in total. The number of rotatable bonds is 5. The van der Waals surface area contributed by atoms with E-state index in [1.807, 2.05) is 31.3 Å². The lowest BCUT2D eigenvalue weighted by Crippen LogP contribution is -2.23.